The number of thioether (sulfide) groups is 1. The average Bonchev–Trinajstić information content (AvgIpc) is 2.53. The molecule has 0 aliphatic carbocycles. The van der Waals surface area contributed by atoms with Crippen LogP contribution >= 0.6 is 23.1 Å². The molecule has 0 bridgehead atoms. The highest BCUT2D eigenvalue weighted by Gasteiger charge is 2.06. The third-order valence-electron chi connectivity index (χ3n) is 1.34. The van der Waals surface area contributed by atoms with Crippen LogP contribution in [-0.4, -0.2) is 30.5 Å². The molecule has 0 spiro atoms. The lowest BCUT2D eigenvalue weighted by Crippen LogP contribution is -1.91. The Balaban J connectivity index is 2.44. The van der Waals surface area contributed by atoms with Crippen molar-refractivity contribution in [2.75, 3.05) is 19.5 Å². The van der Waals surface area contributed by atoms with Gasteiger partial charge in [-0.3, -0.25) is 0 Å². The van der Waals surface area contributed by atoms with Crippen molar-refractivity contribution in [1.29, 1.82) is 0 Å². The van der Waals surface area contributed by atoms with E-state index in [1.54, 1.807) is 24.9 Å². The Hall–Kier alpha value is -0.520. The number of carboxylic acid groups (broad SMARTS) is 1. The lowest BCUT2D eigenvalue weighted by Gasteiger charge is -1.95. The summed E-state index contributed by atoms with van der Waals surface area (Å²) in [6.45, 7) is 0.683. The molecular formula is C8H10O3S2. The summed E-state index contributed by atoms with van der Waals surface area (Å²) < 4.78 is 4.88. The fraction of sp³-hybridized carbons (Fsp3) is 0.375. The minimum absolute atomic E-state index is 0.389. The summed E-state index contributed by atoms with van der Waals surface area (Å²) in [5.41, 5.74) is 0. The Kier molecular flexibility index (Phi) is 4.27. The van der Waals surface area contributed by atoms with Gasteiger partial charge >= 0.3 is 5.97 Å². The first-order valence-corrected chi connectivity index (χ1v) is 5.54. The van der Waals surface area contributed by atoms with Crippen molar-refractivity contribution in [2.45, 2.75) is 4.90 Å². The number of carboxylic acids is 1. The summed E-state index contributed by atoms with van der Waals surface area (Å²) in [6.07, 6.45) is 0. The van der Waals surface area contributed by atoms with Crippen LogP contribution in [0.2, 0.25) is 0 Å². The first-order chi connectivity index (χ1) is 6.24. The van der Waals surface area contributed by atoms with Gasteiger partial charge in [0.15, 0.2) is 0 Å². The first kappa shape index (κ1) is 10.6. The van der Waals surface area contributed by atoms with Gasteiger partial charge in [-0.2, -0.15) is 0 Å². The van der Waals surface area contributed by atoms with Crippen molar-refractivity contribution in [1.82, 2.24) is 0 Å². The van der Waals surface area contributed by atoms with Crippen molar-refractivity contribution in [2.24, 2.45) is 0 Å². The second kappa shape index (κ2) is 5.26. The van der Waals surface area contributed by atoms with Crippen LogP contribution in [0.25, 0.3) is 0 Å². The Bertz CT molecular complexity index is 283. The molecule has 3 nitrogen and oxygen atoms in total. The van der Waals surface area contributed by atoms with Gasteiger partial charge in [0.2, 0.25) is 0 Å². The molecule has 0 amide bonds. The van der Waals surface area contributed by atoms with E-state index in [4.69, 9.17) is 9.84 Å². The minimum atomic E-state index is -0.858. The van der Waals surface area contributed by atoms with Gasteiger partial charge in [-0.15, -0.1) is 23.1 Å². The quantitative estimate of drug-likeness (QED) is 0.608. The zero-order valence-electron chi connectivity index (χ0n) is 7.15. The number of hydrogen-bond acceptors (Lipinski definition) is 4. The maximum absolute atomic E-state index is 10.5. The highest BCUT2D eigenvalue weighted by Crippen LogP contribution is 2.24. The van der Waals surface area contributed by atoms with Crippen LogP contribution in [0.1, 0.15) is 9.67 Å². The van der Waals surface area contributed by atoms with Crippen molar-refractivity contribution in [3.05, 3.63) is 16.3 Å². The molecule has 1 aromatic heterocycles. The van der Waals surface area contributed by atoms with Crippen LogP contribution in [0.3, 0.4) is 0 Å². The fourth-order valence-corrected chi connectivity index (χ4v) is 2.53. The molecule has 1 N–H and O–H groups in total. The minimum Gasteiger partial charge on any atom is -0.477 e. The van der Waals surface area contributed by atoms with Gasteiger partial charge in [0.1, 0.15) is 4.88 Å². The van der Waals surface area contributed by atoms with Gasteiger partial charge < -0.3 is 9.84 Å². The number of ether oxygens (including phenoxy) is 1. The molecular weight excluding hydrogens is 208 g/mol. The van der Waals surface area contributed by atoms with E-state index in [0.29, 0.717) is 11.5 Å². The van der Waals surface area contributed by atoms with Crippen molar-refractivity contribution < 1.29 is 14.6 Å². The molecule has 1 aromatic rings. The van der Waals surface area contributed by atoms with Gasteiger partial charge in [0.25, 0.3) is 0 Å². The number of aromatic carboxylic acids is 1. The van der Waals surface area contributed by atoms with Gasteiger partial charge in [-0.25, -0.2) is 4.79 Å². The van der Waals surface area contributed by atoms with Crippen LogP contribution in [0.4, 0.5) is 0 Å². The maximum Gasteiger partial charge on any atom is 0.345 e. The number of thiophene rings is 1. The van der Waals surface area contributed by atoms with Gasteiger partial charge in [0.05, 0.1) is 6.61 Å². The predicted molar refractivity (Wildman–Crippen MR) is 53.9 cm³/mol. The molecule has 1 heterocycles. The summed E-state index contributed by atoms with van der Waals surface area (Å²) in [5, 5.41) is 10.5. The van der Waals surface area contributed by atoms with E-state index in [1.165, 1.54) is 11.3 Å². The molecule has 0 fully saturated rings. The molecule has 0 aromatic carbocycles. The van der Waals surface area contributed by atoms with Crippen LogP contribution in [-0.2, 0) is 4.74 Å². The van der Waals surface area contributed by atoms with Crippen LogP contribution in [0, 0.1) is 0 Å². The highest BCUT2D eigenvalue weighted by molar-refractivity contribution is 7.99. The fourth-order valence-electron chi connectivity index (χ4n) is 0.749. The molecule has 13 heavy (non-hydrogen) atoms. The lowest BCUT2D eigenvalue weighted by molar-refractivity contribution is 0.0702. The summed E-state index contributed by atoms with van der Waals surface area (Å²) in [4.78, 5) is 11.9. The van der Waals surface area contributed by atoms with Gasteiger partial charge in [0, 0.05) is 23.1 Å². The van der Waals surface area contributed by atoms with E-state index in [-0.39, 0.29) is 0 Å². The van der Waals surface area contributed by atoms with Gasteiger partial charge in [-0.05, 0) is 6.07 Å². The standard InChI is InChI=1S/C8H10O3S2/c1-11-2-3-12-6-4-7(8(9)10)13-5-6/h4-5H,2-3H2,1H3,(H,9,10). The van der Waals surface area contributed by atoms with E-state index in [2.05, 4.69) is 0 Å². The summed E-state index contributed by atoms with van der Waals surface area (Å²) in [7, 11) is 1.65. The Labute approximate surface area is 84.7 Å². The van der Waals surface area contributed by atoms with E-state index in [1.807, 2.05) is 5.38 Å². The van der Waals surface area contributed by atoms with Crippen LogP contribution < -0.4 is 0 Å². The highest BCUT2D eigenvalue weighted by atomic mass is 32.2. The molecule has 0 saturated carbocycles. The van der Waals surface area contributed by atoms with E-state index in [9.17, 15) is 4.79 Å². The number of hydrogen-bond donors (Lipinski definition) is 1. The zero-order chi connectivity index (χ0) is 9.68. The molecule has 0 unspecified atom stereocenters. The zero-order valence-corrected chi connectivity index (χ0v) is 8.78. The van der Waals surface area contributed by atoms with Crippen molar-refractivity contribution in [3.8, 4) is 0 Å². The summed E-state index contributed by atoms with van der Waals surface area (Å²) in [5.74, 6) is -0.00432. The summed E-state index contributed by atoms with van der Waals surface area (Å²) in [6, 6.07) is 1.69. The molecule has 0 atom stereocenters. The first-order valence-electron chi connectivity index (χ1n) is 3.67. The van der Waals surface area contributed by atoms with Crippen molar-refractivity contribution >= 4 is 29.1 Å². The molecule has 72 valence electrons. The lowest BCUT2D eigenvalue weighted by atomic mass is 10.5. The average molecular weight is 218 g/mol. The molecule has 0 saturated heterocycles. The second-order valence-electron chi connectivity index (χ2n) is 2.29. The largest absolute Gasteiger partial charge is 0.477 e. The van der Waals surface area contributed by atoms with Crippen LogP contribution in [0.15, 0.2) is 16.3 Å². The summed E-state index contributed by atoms with van der Waals surface area (Å²) >= 11 is 2.86. The molecule has 0 aliphatic heterocycles. The third kappa shape index (κ3) is 3.38. The molecule has 1 rings (SSSR count). The van der Waals surface area contributed by atoms with E-state index < -0.39 is 5.97 Å². The third-order valence-corrected chi connectivity index (χ3v) is 3.35. The Morgan fingerprint density at radius 3 is 3.08 bits per heavy atom. The maximum atomic E-state index is 10.5. The topological polar surface area (TPSA) is 46.5 Å². The second-order valence-corrected chi connectivity index (χ2v) is 4.37. The predicted octanol–water partition coefficient (Wildman–Crippen LogP) is 2.18. The van der Waals surface area contributed by atoms with Crippen LogP contribution in [0.5, 0.6) is 0 Å². The van der Waals surface area contributed by atoms with E-state index >= 15 is 0 Å². The SMILES string of the molecule is COCCSc1csc(C(=O)O)c1. The van der Waals surface area contributed by atoms with Gasteiger partial charge in [-0.1, -0.05) is 0 Å². The molecule has 0 radical (unpaired) electrons. The van der Waals surface area contributed by atoms with Crippen molar-refractivity contribution in [3.63, 3.8) is 0 Å². The normalized spacial score (nSPS) is 10.2. The number of carbonyl (C=O) groups is 1. The van der Waals surface area contributed by atoms with E-state index in [0.717, 1.165) is 10.6 Å². The number of methoxy groups -OCH3 is 1. The Morgan fingerprint density at radius 1 is 1.77 bits per heavy atom. The monoisotopic (exact) mass is 218 g/mol. The molecule has 5 heteroatoms. The smallest absolute Gasteiger partial charge is 0.345 e. The number of rotatable bonds is 5. The molecule has 0 aliphatic rings. The Morgan fingerprint density at radius 2 is 2.54 bits per heavy atom.